The number of benzene rings is 1. The van der Waals surface area contributed by atoms with Crippen molar-refractivity contribution in [2.45, 2.75) is 46.3 Å². The lowest BCUT2D eigenvalue weighted by atomic mass is 9.93. The van der Waals surface area contributed by atoms with E-state index in [2.05, 4.69) is 32.2 Å². The first-order valence-corrected chi connectivity index (χ1v) is 9.73. The van der Waals surface area contributed by atoms with Gasteiger partial charge in [0.25, 0.3) is 0 Å². The molecule has 1 aliphatic rings. The maximum Gasteiger partial charge on any atom is 0.387 e. The maximum absolute atomic E-state index is 12.6. The molecule has 27 heavy (non-hydrogen) atoms. The second-order valence-corrected chi connectivity index (χ2v) is 7.01. The van der Waals surface area contributed by atoms with Gasteiger partial charge in [-0.25, -0.2) is 0 Å². The van der Waals surface area contributed by atoms with Crippen molar-refractivity contribution in [2.75, 3.05) is 33.2 Å². The Balaban J connectivity index is 1.78. The number of aliphatic imine (C=N–C) groups is 1. The van der Waals surface area contributed by atoms with E-state index in [-0.39, 0.29) is 5.75 Å². The fourth-order valence-electron chi connectivity index (χ4n) is 3.44. The highest BCUT2D eigenvalue weighted by Gasteiger charge is 2.17. The van der Waals surface area contributed by atoms with Crippen molar-refractivity contribution in [3.05, 3.63) is 29.3 Å². The third-order valence-electron chi connectivity index (χ3n) is 5.10. The topological polar surface area (TPSA) is 48.9 Å². The standard InChI is InChI=1S/C20H32F2N4O/c1-4-26-11-8-16(9-12-26)7-10-24-20(23-3)25-14-17-13-15(2)5-6-18(17)27-19(21)22/h5-6,13,16,19H,4,7-12,14H2,1-3H3,(H2,23,24,25). The number of halogens is 2. The quantitative estimate of drug-likeness (QED) is 0.535. The number of alkyl halides is 2. The van der Waals surface area contributed by atoms with Crippen LogP contribution in [0.5, 0.6) is 5.75 Å². The van der Waals surface area contributed by atoms with Gasteiger partial charge < -0.3 is 20.3 Å². The van der Waals surface area contributed by atoms with Gasteiger partial charge in [0, 0.05) is 25.7 Å². The molecule has 2 rings (SSSR count). The molecule has 1 fully saturated rings. The fraction of sp³-hybridized carbons (Fsp3) is 0.650. The van der Waals surface area contributed by atoms with Gasteiger partial charge in [0.05, 0.1) is 0 Å². The van der Waals surface area contributed by atoms with E-state index in [0.717, 1.165) is 31.0 Å². The first kappa shape index (κ1) is 21.4. The molecule has 152 valence electrons. The number of nitrogens with one attached hydrogen (secondary N) is 2. The van der Waals surface area contributed by atoms with Crippen molar-refractivity contribution in [3.63, 3.8) is 0 Å². The van der Waals surface area contributed by atoms with Crippen LogP contribution in [0, 0.1) is 12.8 Å². The summed E-state index contributed by atoms with van der Waals surface area (Å²) in [6, 6.07) is 5.19. The van der Waals surface area contributed by atoms with Crippen LogP contribution in [0.1, 0.15) is 37.3 Å². The van der Waals surface area contributed by atoms with Crippen LogP contribution in [0.4, 0.5) is 8.78 Å². The minimum Gasteiger partial charge on any atom is -0.434 e. The van der Waals surface area contributed by atoms with Gasteiger partial charge >= 0.3 is 6.61 Å². The average molecular weight is 382 g/mol. The lowest BCUT2D eigenvalue weighted by molar-refractivity contribution is -0.0504. The molecular formula is C20H32F2N4O. The monoisotopic (exact) mass is 382 g/mol. The molecule has 0 spiro atoms. The molecule has 0 bridgehead atoms. The van der Waals surface area contributed by atoms with E-state index >= 15 is 0 Å². The van der Waals surface area contributed by atoms with E-state index in [0.29, 0.717) is 18.1 Å². The highest BCUT2D eigenvalue weighted by molar-refractivity contribution is 5.79. The largest absolute Gasteiger partial charge is 0.434 e. The lowest BCUT2D eigenvalue weighted by Gasteiger charge is -2.31. The number of guanidine groups is 1. The highest BCUT2D eigenvalue weighted by Crippen LogP contribution is 2.22. The Kier molecular flexibility index (Phi) is 8.78. The van der Waals surface area contributed by atoms with Crippen molar-refractivity contribution in [1.29, 1.82) is 0 Å². The molecule has 1 aliphatic heterocycles. The van der Waals surface area contributed by atoms with Gasteiger partial charge in [0.15, 0.2) is 5.96 Å². The summed E-state index contributed by atoms with van der Waals surface area (Å²) in [5.41, 5.74) is 1.68. The zero-order valence-corrected chi connectivity index (χ0v) is 16.6. The number of hydrogen-bond donors (Lipinski definition) is 2. The molecule has 0 unspecified atom stereocenters. The molecule has 0 aliphatic carbocycles. The zero-order chi connectivity index (χ0) is 19.6. The average Bonchev–Trinajstić information content (AvgIpc) is 2.66. The van der Waals surface area contributed by atoms with E-state index in [4.69, 9.17) is 0 Å². The fourth-order valence-corrected chi connectivity index (χ4v) is 3.44. The van der Waals surface area contributed by atoms with Crippen molar-refractivity contribution >= 4 is 5.96 Å². The minimum absolute atomic E-state index is 0.196. The van der Waals surface area contributed by atoms with Gasteiger partial charge in [-0.2, -0.15) is 8.78 Å². The number of ether oxygens (including phenoxy) is 1. The van der Waals surface area contributed by atoms with Crippen LogP contribution >= 0.6 is 0 Å². The normalized spacial score (nSPS) is 16.6. The molecule has 5 nitrogen and oxygen atoms in total. The van der Waals surface area contributed by atoms with Crippen LogP contribution in [0.15, 0.2) is 23.2 Å². The number of hydrogen-bond acceptors (Lipinski definition) is 3. The maximum atomic E-state index is 12.6. The van der Waals surface area contributed by atoms with Crippen molar-refractivity contribution in [3.8, 4) is 5.75 Å². The van der Waals surface area contributed by atoms with E-state index in [1.54, 1.807) is 19.2 Å². The predicted octanol–water partition coefficient (Wildman–Crippen LogP) is 3.38. The summed E-state index contributed by atoms with van der Waals surface area (Å²) >= 11 is 0. The Bertz CT molecular complexity index is 602. The highest BCUT2D eigenvalue weighted by atomic mass is 19.3. The molecule has 1 aromatic rings. The summed E-state index contributed by atoms with van der Waals surface area (Å²) in [6.45, 7) is 6.04. The summed E-state index contributed by atoms with van der Waals surface area (Å²) in [5.74, 6) is 1.62. The predicted molar refractivity (Wildman–Crippen MR) is 105 cm³/mol. The summed E-state index contributed by atoms with van der Waals surface area (Å²) in [4.78, 5) is 6.71. The Morgan fingerprint density at radius 2 is 2.04 bits per heavy atom. The molecule has 0 atom stereocenters. The third kappa shape index (κ3) is 7.33. The third-order valence-corrected chi connectivity index (χ3v) is 5.10. The first-order valence-electron chi connectivity index (χ1n) is 9.73. The lowest BCUT2D eigenvalue weighted by Crippen LogP contribution is -2.39. The Hall–Kier alpha value is -1.89. The summed E-state index contributed by atoms with van der Waals surface area (Å²) in [5, 5.41) is 6.51. The molecule has 1 heterocycles. The second kappa shape index (κ2) is 11.1. The van der Waals surface area contributed by atoms with Gasteiger partial charge in [0.2, 0.25) is 0 Å². The number of piperidine rings is 1. The van der Waals surface area contributed by atoms with Crippen LogP contribution in [0.25, 0.3) is 0 Å². The van der Waals surface area contributed by atoms with Gasteiger partial charge in [-0.05, 0) is 57.8 Å². The Morgan fingerprint density at radius 1 is 1.30 bits per heavy atom. The molecule has 0 radical (unpaired) electrons. The van der Waals surface area contributed by atoms with Crippen molar-refractivity contribution < 1.29 is 13.5 Å². The number of likely N-dealkylation sites (tertiary alicyclic amines) is 1. The van der Waals surface area contributed by atoms with E-state index in [9.17, 15) is 8.78 Å². The van der Waals surface area contributed by atoms with E-state index in [1.165, 1.54) is 25.9 Å². The molecule has 1 saturated heterocycles. The summed E-state index contributed by atoms with van der Waals surface area (Å²) in [7, 11) is 1.71. The van der Waals surface area contributed by atoms with Crippen LogP contribution in [-0.4, -0.2) is 50.7 Å². The smallest absolute Gasteiger partial charge is 0.387 e. The number of nitrogens with zero attached hydrogens (tertiary/aromatic N) is 2. The molecule has 2 N–H and O–H groups in total. The van der Waals surface area contributed by atoms with Crippen LogP contribution in [-0.2, 0) is 6.54 Å². The summed E-state index contributed by atoms with van der Waals surface area (Å²) in [6.07, 6.45) is 3.61. The molecule has 0 amide bonds. The van der Waals surface area contributed by atoms with Crippen LogP contribution in [0.2, 0.25) is 0 Å². The van der Waals surface area contributed by atoms with Crippen LogP contribution in [0.3, 0.4) is 0 Å². The number of aryl methyl sites for hydroxylation is 1. The SMILES string of the molecule is CCN1CCC(CCNC(=NC)NCc2cc(C)ccc2OC(F)F)CC1. The van der Waals surface area contributed by atoms with Gasteiger partial charge in [0.1, 0.15) is 5.75 Å². The number of rotatable bonds is 8. The zero-order valence-electron chi connectivity index (χ0n) is 16.6. The van der Waals surface area contributed by atoms with Gasteiger partial charge in [-0.1, -0.05) is 24.6 Å². The Morgan fingerprint density at radius 3 is 2.67 bits per heavy atom. The van der Waals surface area contributed by atoms with Crippen molar-refractivity contribution in [1.82, 2.24) is 15.5 Å². The van der Waals surface area contributed by atoms with E-state index in [1.807, 2.05) is 13.0 Å². The Labute approximate surface area is 161 Å². The van der Waals surface area contributed by atoms with Gasteiger partial charge in [-0.3, -0.25) is 4.99 Å². The molecular weight excluding hydrogens is 350 g/mol. The van der Waals surface area contributed by atoms with Crippen molar-refractivity contribution in [2.24, 2.45) is 10.9 Å². The molecule has 1 aromatic carbocycles. The molecule has 0 saturated carbocycles. The minimum atomic E-state index is -2.83. The molecule has 0 aromatic heterocycles. The van der Waals surface area contributed by atoms with E-state index < -0.39 is 6.61 Å². The first-order chi connectivity index (χ1) is 13.0. The molecule has 7 heteroatoms. The van der Waals surface area contributed by atoms with Crippen LogP contribution < -0.4 is 15.4 Å². The summed E-state index contributed by atoms with van der Waals surface area (Å²) < 4.78 is 29.8. The van der Waals surface area contributed by atoms with Gasteiger partial charge in [-0.15, -0.1) is 0 Å². The second-order valence-electron chi connectivity index (χ2n) is 7.01.